The number of aromatic nitrogens is 2. The summed E-state index contributed by atoms with van der Waals surface area (Å²) in [6, 6.07) is 3.83. The Morgan fingerprint density at radius 3 is 2.42 bits per heavy atom. The standard InChI is InChI=1S/C13H20BN3O2/c1-6-10(9-15)17-8-7-11(16-17)14-18-12(2,3)13(4,5)19-14/h7-8,10H,6H2,1-5H3. The van der Waals surface area contributed by atoms with Crippen LogP contribution in [0.2, 0.25) is 0 Å². The smallest absolute Gasteiger partial charge is 0.398 e. The first-order valence-electron chi connectivity index (χ1n) is 6.61. The molecular formula is C13H20BN3O2. The first-order chi connectivity index (χ1) is 8.80. The van der Waals surface area contributed by atoms with Crippen LogP contribution in [0, 0.1) is 11.3 Å². The molecule has 0 N–H and O–H groups in total. The van der Waals surface area contributed by atoms with Gasteiger partial charge in [0.25, 0.3) is 0 Å². The van der Waals surface area contributed by atoms with Gasteiger partial charge in [0.05, 0.1) is 22.9 Å². The van der Waals surface area contributed by atoms with E-state index in [1.165, 1.54) is 0 Å². The highest BCUT2D eigenvalue weighted by Gasteiger charge is 2.52. The Labute approximate surface area is 114 Å². The summed E-state index contributed by atoms with van der Waals surface area (Å²) in [4.78, 5) is 0. The van der Waals surface area contributed by atoms with E-state index in [0.29, 0.717) is 5.59 Å². The summed E-state index contributed by atoms with van der Waals surface area (Å²) in [7, 11) is -0.470. The minimum atomic E-state index is -0.470. The summed E-state index contributed by atoms with van der Waals surface area (Å²) in [5.74, 6) is 0. The van der Waals surface area contributed by atoms with Crippen molar-refractivity contribution in [3.8, 4) is 6.07 Å². The largest absolute Gasteiger partial charge is 0.516 e. The quantitative estimate of drug-likeness (QED) is 0.776. The Hall–Kier alpha value is -1.32. The first-order valence-corrected chi connectivity index (χ1v) is 6.61. The van der Waals surface area contributed by atoms with Gasteiger partial charge in [0.2, 0.25) is 0 Å². The Bertz CT molecular complexity index is 488. The molecule has 0 bridgehead atoms. The summed E-state index contributed by atoms with van der Waals surface area (Å²) in [6.45, 7) is 9.99. The van der Waals surface area contributed by atoms with Crippen LogP contribution >= 0.6 is 0 Å². The van der Waals surface area contributed by atoms with Crippen molar-refractivity contribution in [1.29, 1.82) is 5.26 Å². The Kier molecular flexibility index (Phi) is 3.46. The number of hydrogen-bond acceptors (Lipinski definition) is 4. The van der Waals surface area contributed by atoms with Crippen LogP contribution in [-0.4, -0.2) is 28.1 Å². The van der Waals surface area contributed by atoms with E-state index in [-0.39, 0.29) is 17.2 Å². The topological polar surface area (TPSA) is 60.1 Å². The monoisotopic (exact) mass is 261 g/mol. The van der Waals surface area contributed by atoms with Crippen molar-refractivity contribution in [1.82, 2.24) is 9.78 Å². The SMILES string of the molecule is CCC(C#N)n1ccc(B2OC(C)(C)C(C)(C)O2)n1. The highest BCUT2D eigenvalue weighted by atomic mass is 16.7. The first kappa shape index (κ1) is 14.1. The van der Waals surface area contributed by atoms with Gasteiger partial charge in [-0.15, -0.1) is 0 Å². The van der Waals surface area contributed by atoms with Gasteiger partial charge < -0.3 is 9.31 Å². The van der Waals surface area contributed by atoms with Gasteiger partial charge in [-0.05, 0) is 40.2 Å². The number of rotatable bonds is 3. The normalized spacial score (nSPS) is 22.2. The van der Waals surface area contributed by atoms with Gasteiger partial charge in [-0.1, -0.05) is 6.92 Å². The maximum absolute atomic E-state index is 9.05. The maximum atomic E-state index is 9.05. The van der Waals surface area contributed by atoms with E-state index in [1.54, 1.807) is 10.9 Å². The molecule has 2 rings (SSSR count). The molecule has 0 saturated carbocycles. The molecule has 2 heterocycles. The fourth-order valence-electron chi connectivity index (χ4n) is 1.95. The molecule has 102 valence electrons. The van der Waals surface area contributed by atoms with Crippen LogP contribution in [0.5, 0.6) is 0 Å². The fourth-order valence-corrected chi connectivity index (χ4v) is 1.95. The zero-order valence-electron chi connectivity index (χ0n) is 12.2. The highest BCUT2D eigenvalue weighted by Crippen LogP contribution is 2.36. The zero-order valence-corrected chi connectivity index (χ0v) is 12.2. The fraction of sp³-hybridized carbons (Fsp3) is 0.692. The number of hydrogen-bond donors (Lipinski definition) is 0. The average molecular weight is 261 g/mol. The second-order valence-electron chi connectivity index (χ2n) is 5.86. The molecule has 0 spiro atoms. The van der Waals surface area contributed by atoms with Crippen molar-refractivity contribution < 1.29 is 9.31 Å². The lowest BCUT2D eigenvalue weighted by molar-refractivity contribution is 0.00578. The third-order valence-corrected chi connectivity index (χ3v) is 3.98. The zero-order chi connectivity index (χ0) is 14.3. The van der Waals surface area contributed by atoms with E-state index in [9.17, 15) is 0 Å². The summed E-state index contributed by atoms with van der Waals surface area (Å²) >= 11 is 0. The van der Waals surface area contributed by atoms with Gasteiger partial charge in [0.15, 0.2) is 0 Å². The van der Waals surface area contributed by atoms with Crippen LogP contribution in [0.3, 0.4) is 0 Å². The number of nitriles is 1. The lowest BCUT2D eigenvalue weighted by Crippen LogP contribution is -2.41. The van der Waals surface area contributed by atoms with Crippen LogP contribution in [0.15, 0.2) is 12.3 Å². The molecule has 1 unspecified atom stereocenters. The second-order valence-corrected chi connectivity index (χ2v) is 5.86. The summed E-state index contributed by atoms with van der Waals surface area (Å²) < 4.78 is 13.5. The Morgan fingerprint density at radius 1 is 1.37 bits per heavy atom. The minimum absolute atomic E-state index is 0.240. The molecule has 1 aromatic heterocycles. The molecule has 1 aromatic rings. The van der Waals surface area contributed by atoms with Crippen molar-refractivity contribution >= 4 is 12.7 Å². The van der Waals surface area contributed by atoms with Gasteiger partial charge >= 0.3 is 7.12 Å². The van der Waals surface area contributed by atoms with Crippen molar-refractivity contribution in [2.75, 3.05) is 0 Å². The molecule has 1 aliphatic rings. The van der Waals surface area contributed by atoms with Crippen LogP contribution in [0.1, 0.15) is 47.1 Å². The molecule has 1 fully saturated rings. The van der Waals surface area contributed by atoms with Crippen molar-refractivity contribution in [2.24, 2.45) is 0 Å². The van der Waals surface area contributed by atoms with Gasteiger partial charge in [-0.25, -0.2) is 0 Å². The second kappa shape index (κ2) is 4.66. The number of nitrogens with zero attached hydrogens (tertiary/aromatic N) is 3. The van der Waals surface area contributed by atoms with Crippen molar-refractivity contribution in [3.63, 3.8) is 0 Å². The highest BCUT2D eigenvalue weighted by molar-refractivity contribution is 6.61. The van der Waals surface area contributed by atoms with E-state index in [1.807, 2.05) is 40.7 Å². The van der Waals surface area contributed by atoms with Crippen molar-refractivity contribution in [3.05, 3.63) is 12.3 Å². The molecule has 0 amide bonds. The van der Waals surface area contributed by atoms with E-state index < -0.39 is 7.12 Å². The predicted octanol–water partition coefficient (Wildman–Crippen LogP) is 1.66. The lowest BCUT2D eigenvalue weighted by atomic mass is 9.85. The minimum Gasteiger partial charge on any atom is -0.398 e. The molecule has 0 aliphatic carbocycles. The molecule has 1 atom stereocenters. The van der Waals surface area contributed by atoms with Crippen molar-refractivity contribution in [2.45, 2.75) is 58.3 Å². The van der Waals surface area contributed by atoms with E-state index >= 15 is 0 Å². The van der Waals surface area contributed by atoms with E-state index in [0.717, 1.165) is 6.42 Å². The lowest BCUT2D eigenvalue weighted by Gasteiger charge is -2.32. The molecule has 0 aromatic carbocycles. The van der Waals surface area contributed by atoms with Gasteiger partial charge in [0.1, 0.15) is 6.04 Å². The summed E-state index contributed by atoms with van der Waals surface area (Å²) in [5.41, 5.74) is -0.0332. The Morgan fingerprint density at radius 2 is 1.95 bits per heavy atom. The molecule has 1 saturated heterocycles. The Balaban J connectivity index is 2.20. The van der Waals surface area contributed by atoms with Gasteiger partial charge in [-0.3, -0.25) is 4.68 Å². The summed E-state index contributed by atoms with van der Waals surface area (Å²) in [6.07, 6.45) is 2.53. The van der Waals surface area contributed by atoms with Gasteiger partial charge in [0, 0.05) is 6.20 Å². The molecule has 0 radical (unpaired) electrons. The maximum Gasteiger partial charge on any atom is 0.516 e. The van der Waals surface area contributed by atoms with Crippen LogP contribution in [0.25, 0.3) is 0 Å². The van der Waals surface area contributed by atoms with Crippen LogP contribution in [-0.2, 0) is 9.31 Å². The third-order valence-electron chi connectivity index (χ3n) is 3.98. The van der Waals surface area contributed by atoms with Crippen LogP contribution < -0.4 is 5.59 Å². The van der Waals surface area contributed by atoms with Crippen LogP contribution in [0.4, 0.5) is 0 Å². The molecule has 1 aliphatic heterocycles. The predicted molar refractivity (Wildman–Crippen MR) is 72.9 cm³/mol. The van der Waals surface area contributed by atoms with Gasteiger partial charge in [-0.2, -0.15) is 10.4 Å². The summed E-state index contributed by atoms with van der Waals surface area (Å²) in [5, 5.41) is 13.5. The van der Waals surface area contributed by atoms with E-state index in [4.69, 9.17) is 14.6 Å². The van der Waals surface area contributed by atoms with E-state index in [2.05, 4.69) is 11.2 Å². The molecule has 6 heteroatoms. The molecular weight excluding hydrogens is 241 g/mol. The molecule has 5 nitrogen and oxygen atoms in total. The molecule has 19 heavy (non-hydrogen) atoms. The third kappa shape index (κ3) is 2.40. The average Bonchev–Trinajstić information content (AvgIpc) is 2.85.